The van der Waals surface area contributed by atoms with Crippen LogP contribution in [0.4, 0.5) is 0 Å². The van der Waals surface area contributed by atoms with Crippen LogP contribution in [-0.4, -0.2) is 47.8 Å². The third kappa shape index (κ3) is 3.93. The minimum Gasteiger partial charge on any atom is -0.416 e. The van der Waals surface area contributed by atoms with Crippen LogP contribution in [0.2, 0.25) is 0 Å². The highest BCUT2D eigenvalue weighted by atomic mass is 32.2. The minimum absolute atomic E-state index is 0.0199. The van der Waals surface area contributed by atoms with E-state index in [1.54, 1.807) is 0 Å². The third-order valence-corrected chi connectivity index (χ3v) is 8.74. The summed E-state index contributed by atoms with van der Waals surface area (Å²) in [5.41, 5.74) is 0. The molecule has 0 spiro atoms. The zero-order valence-corrected chi connectivity index (χ0v) is 16.5. The lowest BCUT2D eigenvalue weighted by Gasteiger charge is -2.28. The van der Waals surface area contributed by atoms with Crippen molar-refractivity contribution in [1.29, 1.82) is 0 Å². The highest BCUT2D eigenvalue weighted by Gasteiger charge is 2.42. The Hall–Kier alpha value is -1.09. The molecular formula is C17H25N3O4S2. The Morgan fingerprint density at radius 3 is 2.81 bits per heavy atom. The van der Waals surface area contributed by atoms with Gasteiger partial charge in [-0.25, -0.2) is 8.42 Å². The summed E-state index contributed by atoms with van der Waals surface area (Å²) in [5, 5.41) is 11.3. The van der Waals surface area contributed by atoms with Gasteiger partial charge in [0.25, 0.3) is 5.22 Å². The molecule has 3 fully saturated rings. The predicted octanol–water partition coefficient (Wildman–Crippen LogP) is 2.00. The highest BCUT2D eigenvalue weighted by molar-refractivity contribution is 7.99. The van der Waals surface area contributed by atoms with Gasteiger partial charge < -0.3 is 9.73 Å². The lowest BCUT2D eigenvalue weighted by molar-refractivity contribution is -0.119. The fraction of sp³-hybridized carbons (Fsp3) is 0.824. The Balaban J connectivity index is 1.24. The van der Waals surface area contributed by atoms with Gasteiger partial charge in [0, 0.05) is 6.04 Å². The summed E-state index contributed by atoms with van der Waals surface area (Å²) in [6.45, 7) is 2.11. The molecule has 7 nitrogen and oxygen atoms in total. The topological polar surface area (TPSA) is 102 Å². The average Bonchev–Trinajstić information content (AvgIpc) is 3.36. The quantitative estimate of drug-likeness (QED) is 0.730. The van der Waals surface area contributed by atoms with Crippen LogP contribution >= 0.6 is 11.8 Å². The predicted molar refractivity (Wildman–Crippen MR) is 97.6 cm³/mol. The molecule has 1 saturated heterocycles. The fourth-order valence-corrected chi connectivity index (χ4v) is 7.18. The Labute approximate surface area is 158 Å². The number of rotatable bonds is 6. The second-order valence-electron chi connectivity index (χ2n) is 7.99. The second kappa shape index (κ2) is 7.14. The number of nitrogens with one attached hydrogen (secondary N) is 1. The summed E-state index contributed by atoms with van der Waals surface area (Å²) in [5.74, 6) is 2.87. The van der Waals surface area contributed by atoms with Crippen molar-refractivity contribution in [3.63, 3.8) is 0 Å². The monoisotopic (exact) mass is 399 g/mol. The van der Waals surface area contributed by atoms with Crippen molar-refractivity contribution in [2.75, 3.05) is 17.3 Å². The maximum atomic E-state index is 12.2. The maximum absolute atomic E-state index is 12.2. The van der Waals surface area contributed by atoms with Crippen molar-refractivity contribution in [3.8, 4) is 0 Å². The van der Waals surface area contributed by atoms with E-state index in [9.17, 15) is 13.2 Å². The van der Waals surface area contributed by atoms with E-state index in [4.69, 9.17) is 4.42 Å². The number of hydrogen-bond donors (Lipinski definition) is 1. The van der Waals surface area contributed by atoms with Crippen molar-refractivity contribution in [2.24, 2.45) is 17.8 Å². The van der Waals surface area contributed by atoms with E-state index in [1.807, 2.05) is 0 Å². The summed E-state index contributed by atoms with van der Waals surface area (Å²) in [7, 11) is -2.98. The Morgan fingerprint density at radius 1 is 1.31 bits per heavy atom. The molecule has 9 heteroatoms. The molecule has 0 unspecified atom stereocenters. The van der Waals surface area contributed by atoms with Gasteiger partial charge >= 0.3 is 0 Å². The summed E-state index contributed by atoms with van der Waals surface area (Å²) in [6, 6.07) is 0.209. The Morgan fingerprint density at radius 2 is 2.15 bits per heavy atom. The number of amides is 1. The van der Waals surface area contributed by atoms with Crippen molar-refractivity contribution < 1.29 is 17.6 Å². The van der Waals surface area contributed by atoms with Crippen LogP contribution in [0.3, 0.4) is 0 Å². The number of thioether (sulfide) groups is 1. The van der Waals surface area contributed by atoms with Gasteiger partial charge in [0.1, 0.15) is 0 Å². The lowest BCUT2D eigenvalue weighted by Crippen LogP contribution is -2.40. The molecule has 2 saturated carbocycles. The van der Waals surface area contributed by atoms with Crippen LogP contribution in [0.15, 0.2) is 9.64 Å². The molecule has 0 radical (unpaired) electrons. The van der Waals surface area contributed by atoms with Crippen LogP contribution in [-0.2, 0) is 14.6 Å². The van der Waals surface area contributed by atoms with E-state index >= 15 is 0 Å². The molecule has 1 aliphatic heterocycles. The first-order chi connectivity index (χ1) is 12.4. The Kier molecular flexibility index (Phi) is 5.02. The first kappa shape index (κ1) is 18.3. The molecule has 2 aliphatic carbocycles. The first-order valence-electron chi connectivity index (χ1n) is 9.35. The zero-order valence-electron chi connectivity index (χ0n) is 14.9. The third-order valence-electron chi connectivity index (χ3n) is 6.15. The molecule has 0 aromatic carbocycles. The number of aromatic nitrogens is 2. The van der Waals surface area contributed by atoms with Gasteiger partial charge in [-0.1, -0.05) is 18.2 Å². The van der Waals surface area contributed by atoms with Crippen molar-refractivity contribution in [1.82, 2.24) is 15.5 Å². The van der Waals surface area contributed by atoms with Crippen molar-refractivity contribution >= 4 is 27.5 Å². The molecule has 144 valence electrons. The maximum Gasteiger partial charge on any atom is 0.277 e. The van der Waals surface area contributed by atoms with E-state index in [0.29, 0.717) is 23.5 Å². The van der Waals surface area contributed by atoms with Gasteiger partial charge in [0.15, 0.2) is 9.84 Å². The number of fused-ring (bicyclic) bond motifs is 2. The number of sulfone groups is 1. The molecule has 1 aromatic rings. The molecule has 26 heavy (non-hydrogen) atoms. The molecule has 2 bridgehead atoms. The molecule has 5 atom stereocenters. The summed E-state index contributed by atoms with van der Waals surface area (Å²) in [4.78, 5) is 12.2. The molecule has 2 heterocycles. The van der Waals surface area contributed by atoms with Gasteiger partial charge in [-0.2, -0.15) is 0 Å². The van der Waals surface area contributed by atoms with E-state index in [0.717, 1.165) is 11.8 Å². The summed E-state index contributed by atoms with van der Waals surface area (Å²) < 4.78 is 28.6. The number of hydrogen-bond acceptors (Lipinski definition) is 7. The van der Waals surface area contributed by atoms with Crippen molar-refractivity contribution in [2.45, 2.75) is 56.2 Å². The SMILES string of the molecule is C[C@H](NC(=O)CSc1nnc([C@@H]2CCS(=O)(=O)C2)o1)[C@H]1C[C@H]2CC[C@H]1C2. The standard InChI is InChI=1S/C17H25N3O4S2/c1-10(14-7-11-2-3-12(14)6-11)18-15(21)8-25-17-20-19-16(24-17)13-4-5-26(22,23)9-13/h10-14H,2-9H2,1H3,(H,18,21)/t10-,11-,12-,13+,14+/m0/s1. The first-order valence-corrected chi connectivity index (χ1v) is 12.2. The van der Waals surface area contributed by atoms with Gasteiger partial charge in [-0.3, -0.25) is 4.79 Å². The van der Waals surface area contributed by atoms with Crippen LogP contribution < -0.4 is 5.32 Å². The van der Waals surface area contributed by atoms with Gasteiger partial charge in [0.05, 0.1) is 23.2 Å². The van der Waals surface area contributed by atoms with E-state index in [-0.39, 0.29) is 35.1 Å². The number of nitrogens with zero attached hydrogens (tertiary/aromatic N) is 2. The molecular weight excluding hydrogens is 374 g/mol. The molecule has 1 N–H and O–H groups in total. The van der Waals surface area contributed by atoms with Crippen LogP contribution in [0.5, 0.6) is 0 Å². The van der Waals surface area contributed by atoms with E-state index in [2.05, 4.69) is 22.4 Å². The largest absolute Gasteiger partial charge is 0.416 e. The normalized spacial score (nSPS) is 33.4. The van der Waals surface area contributed by atoms with Crippen molar-refractivity contribution in [3.05, 3.63) is 5.89 Å². The average molecular weight is 400 g/mol. The van der Waals surface area contributed by atoms with Crippen LogP contribution in [0.1, 0.15) is 50.8 Å². The summed E-state index contributed by atoms with van der Waals surface area (Å²) in [6.07, 6.45) is 5.78. The van der Waals surface area contributed by atoms with Gasteiger partial charge in [-0.05, 0) is 50.4 Å². The molecule has 3 aliphatic rings. The summed E-state index contributed by atoms with van der Waals surface area (Å²) >= 11 is 1.21. The van der Waals surface area contributed by atoms with Gasteiger partial charge in [-0.15, -0.1) is 10.2 Å². The molecule has 1 amide bonds. The van der Waals surface area contributed by atoms with Crippen LogP contribution in [0.25, 0.3) is 0 Å². The molecule has 4 rings (SSSR count). The fourth-order valence-electron chi connectivity index (χ4n) is 4.87. The molecule has 1 aromatic heterocycles. The highest BCUT2D eigenvalue weighted by Crippen LogP contribution is 2.49. The zero-order chi connectivity index (χ0) is 18.3. The smallest absolute Gasteiger partial charge is 0.277 e. The van der Waals surface area contributed by atoms with Gasteiger partial charge in [0.2, 0.25) is 11.8 Å². The number of carbonyl (C=O) groups is 1. The number of carbonyl (C=O) groups excluding carboxylic acids is 1. The van der Waals surface area contributed by atoms with Crippen LogP contribution in [0, 0.1) is 17.8 Å². The van der Waals surface area contributed by atoms with E-state index < -0.39 is 9.84 Å². The second-order valence-corrected chi connectivity index (χ2v) is 11.1. The minimum atomic E-state index is -2.98. The lowest BCUT2D eigenvalue weighted by atomic mass is 9.84. The Bertz CT molecular complexity index is 779. The van der Waals surface area contributed by atoms with E-state index in [1.165, 1.54) is 37.4 Å².